The number of amides is 1. The molecule has 0 saturated carbocycles. The molecular formula is C25H32N4O2. The van der Waals surface area contributed by atoms with E-state index < -0.39 is 6.04 Å². The molecule has 5 rings (SSSR count). The summed E-state index contributed by atoms with van der Waals surface area (Å²) in [5.74, 6) is 0.573. The van der Waals surface area contributed by atoms with Gasteiger partial charge in [0.05, 0.1) is 6.04 Å². The maximum absolute atomic E-state index is 13.4. The molecule has 6 nitrogen and oxygen atoms in total. The Kier molecular flexibility index (Phi) is 5.44. The van der Waals surface area contributed by atoms with Gasteiger partial charge in [-0.15, -0.1) is 0 Å². The summed E-state index contributed by atoms with van der Waals surface area (Å²) in [6.45, 7) is 6.50. The van der Waals surface area contributed by atoms with Crippen LogP contribution in [0.15, 0.2) is 41.2 Å². The lowest BCUT2D eigenvalue weighted by Gasteiger charge is -2.43. The minimum Gasteiger partial charge on any atom is -0.340 e. The minimum atomic E-state index is -0.469. The molecule has 0 spiro atoms. The molecule has 2 bridgehead atoms. The van der Waals surface area contributed by atoms with Gasteiger partial charge in [0, 0.05) is 56.4 Å². The number of carbonyl (C=O) groups is 1. The van der Waals surface area contributed by atoms with E-state index in [1.807, 2.05) is 15.5 Å². The molecule has 2 N–H and O–H groups in total. The number of likely N-dealkylation sites (tertiary alicyclic amines) is 1. The number of fused-ring (bicyclic) bond motifs is 5. The van der Waals surface area contributed by atoms with Gasteiger partial charge in [-0.05, 0) is 49.3 Å². The molecule has 0 radical (unpaired) electrons. The summed E-state index contributed by atoms with van der Waals surface area (Å²) in [5.41, 5.74) is 10.8. The van der Waals surface area contributed by atoms with E-state index in [4.69, 9.17) is 5.73 Å². The molecule has 31 heavy (non-hydrogen) atoms. The average Bonchev–Trinajstić information content (AvgIpc) is 2.98. The van der Waals surface area contributed by atoms with Gasteiger partial charge < -0.3 is 15.2 Å². The van der Waals surface area contributed by atoms with Crippen LogP contribution in [0, 0.1) is 5.92 Å². The third-order valence-electron chi connectivity index (χ3n) is 7.29. The van der Waals surface area contributed by atoms with Crippen LogP contribution in [-0.4, -0.2) is 52.5 Å². The van der Waals surface area contributed by atoms with E-state index in [-0.39, 0.29) is 17.4 Å². The Labute approximate surface area is 183 Å². The lowest BCUT2D eigenvalue weighted by molar-refractivity contribution is -0.134. The van der Waals surface area contributed by atoms with E-state index in [2.05, 4.69) is 35.2 Å². The molecule has 3 aliphatic rings. The molecule has 1 amide bonds. The molecule has 1 aromatic carbocycles. The molecule has 2 aromatic rings. The topological polar surface area (TPSA) is 71.6 Å². The monoisotopic (exact) mass is 420 g/mol. The van der Waals surface area contributed by atoms with Crippen molar-refractivity contribution in [3.8, 4) is 0 Å². The molecule has 6 heteroatoms. The Bertz CT molecular complexity index is 1020. The number of nitrogens with zero attached hydrogens (tertiary/aromatic N) is 3. The van der Waals surface area contributed by atoms with Crippen molar-refractivity contribution in [2.24, 2.45) is 11.7 Å². The summed E-state index contributed by atoms with van der Waals surface area (Å²) < 4.78 is 1.99. The first-order valence-electron chi connectivity index (χ1n) is 11.6. The first kappa shape index (κ1) is 20.5. The van der Waals surface area contributed by atoms with Crippen molar-refractivity contribution in [3.05, 3.63) is 69.1 Å². The van der Waals surface area contributed by atoms with Gasteiger partial charge in [-0.25, -0.2) is 0 Å². The van der Waals surface area contributed by atoms with Crippen LogP contribution in [0.1, 0.15) is 41.6 Å². The van der Waals surface area contributed by atoms with Gasteiger partial charge in [0.15, 0.2) is 0 Å². The SMILES string of the molecule is C[C@H](N)C(=O)N1C[C@@H]2C[C@H](C1)c1ccc(CN3CCc4ccccc4CC3)c(=O)n1C2. The Hall–Kier alpha value is -2.44. The molecule has 3 aliphatic heterocycles. The Balaban J connectivity index is 1.33. The van der Waals surface area contributed by atoms with Crippen LogP contribution in [-0.2, 0) is 30.7 Å². The number of aromatic nitrogens is 1. The molecule has 4 heterocycles. The van der Waals surface area contributed by atoms with E-state index in [1.54, 1.807) is 6.92 Å². The van der Waals surface area contributed by atoms with Crippen molar-refractivity contribution in [2.75, 3.05) is 26.2 Å². The molecular weight excluding hydrogens is 388 g/mol. The van der Waals surface area contributed by atoms with Crippen LogP contribution < -0.4 is 11.3 Å². The largest absolute Gasteiger partial charge is 0.340 e. The highest BCUT2D eigenvalue weighted by Crippen LogP contribution is 2.35. The van der Waals surface area contributed by atoms with Gasteiger partial charge in [-0.1, -0.05) is 30.3 Å². The highest BCUT2D eigenvalue weighted by molar-refractivity contribution is 5.81. The van der Waals surface area contributed by atoms with Crippen molar-refractivity contribution in [1.82, 2.24) is 14.4 Å². The number of hydrogen-bond acceptors (Lipinski definition) is 4. The van der Waals surface area contributed by atoms with Crippen LogP contribution in [0.3, 0.4) is 0 Å². The summed E-state index contributed by atoms with van der Waals surface area (Å²) in [6.07, 6.45) is 3.12. The number of hydrogen-bond donors (Lipinski definition) is 1. The fourth-order valence-corrected chi connectivity index (χ4v) is 5.69. The molecule has 1 fully saturated rings. The predicted octanol–water partition coefficient (Wildman–Crippen LogP) is 1.74. The number of pyridine rings is 1. The number of benzene rings is 1. The van der Waals surface area contributed by atoms with Gasteiger partial charge in [0.25, 0.3) is 5.56 Å². The summed E-state index contributed by atoms with van der Waals surface area (Å²) >= 11 is 0. The Morgan fingerprint density at radius 1 is 1.06 bits per heavy atom. The van der Waals surface area contributed by atoms with Gasteiger partial charge >= 0.3 is 0 Å². The van der Waals surface area contributed by atoms with Crippen LogP contribution >= 0.6 is 0 Å². The standard InChI is InChI=1S/C25H32N4O2/c1-17(26)24(30)28-13-18-12-22(16-28)23-7-6-21(25(31)29(23)14-18)15-27-10-8-19-4-2-3-5-20(19)9-11-27/h2-7,17-18,22H,8-16,26H2,1H3/t17-,18-,22+/m0/s1. The highest BCUT2D eigenvalue weighted by atomic mass is 16.2. The van der Waals surface area contributed by atoms with E-state index in [0.717, 1.165) is 43.6 Å². The Morgan fingerprint density at radius 2 is 1.77 bits per heavy atom. The van der Waals surface area contributed by atoms with E-state index in [9.17, 15) is 9.59 Å². The molecule has 1 saturated heterocycles. The lowest BCUT2D eigenvalue weighted by atomic mass is 9.82. The van der Waals surface area contributed by atoms with E-state index in [0.29, 0.717) is 32.1 Å². The second-order valence-corrected chi connectivity index (χ2v) is 9.57. The minimum absolute atomic E-state index is 0.0178. The van der Waals surface area contributed by atoms with E-state index >= 15 is 0 Å². The normalized spacial score (nSPS) is 24.1. The zero-order valence-corrected chi connectivity index (χ0v) is 18.3. The van der Waals surface area contributed by atoms with Gasteiger partial charge in [0.1, 0.15) is 0 Å². The average molecular weight is 421 g/mol. The van der Waals surface area contributed by atoms with E-state index in [1.165, 1.54) is 11.1 Å². The molecule has 164 valence electrons. The zero-order chi connectivity index (χ0) is 21.5. The second kappa shape index (κ2) is 8.24. The summed E-state index contributed by atoms with van der Waals surface area (Å²) in [6, 6.07) is 12.4. The highest BCUT2D eigenvalue weighted by Gasteiger charge is 2.37. The van der Waals surface area contributed by atoms with Crippen LogP contribution in [0.2, 0.25) is 0 Å². The summed E-state index contributed by atoms with van der Waals surface area (Å²) in [4.78, 5) is 30.1. The van der Waals surface area contributed by atoms with Crippen molar-refractivity contribution in [3.63, 3.8) is 0 Å². The van der Waals surface area contributed by atoms with Crippen LogP contribution in [0.4, 0.5) is 0 Å². The fourth-order valence-electron chi connectivity index (χ4n) is 5.69. The quantitative estimate of drug-likeness (QED) is 0.821. The Morgan fingerprint density at radius 3 is 2.45 bits per heavy atom. The summed E-state index contributed by atoms with van der Waals surface area (Å²) in [7, 11) is 0. The number of nitrogens with two attached hydrogens (primary N) is 1. The van der Waals surface area contributed by atoms with Gasteiger partial charge in [0.2, 0.25) is 5.91 Å². The number of piperidine rings is 1. The maximum Gasteiger partial charge on any atom is 0.255 e. The van der Waals surface area contributed by atoms with Crippen LogP contribution in [0.5, 0.6) is 0 Å². The predicted molar refractivity (Wildman–Crippen MR) is 121 cm³/mol. The van der Waals surface area contributed by atoms with Crippen LogP contribution in [0.25, 0.3) is 0 Å². The molecule has 3 atom stereocenters. The first-order chi connectivity index (χ1) is 15.0. The number of rotatable bonds is 3. The number of carbonyl (C=O) groups excluding carboxylic acids is 1. The summed E-state index contributed by atoms with van der Waals surface area (Å²) in [5, 5.41) is 0. The van der Waals surface area contributed by atoms with Crippen molar-refractivity contribution >= 4 is 5.91 Å². The van der Waals surface area contributed by atoms with Gasteiger partial charge in [-0.2, -0.15) is 0 Å². The molecule has 1 aromatic heterocycles. The lowest BCUT2D eigenvalue weighted by Crippen LogP contribution is -2.52. The van der Waals surface area contributed by atoms with Crippen molar-refractivity contribution in [1.29, 1.82) is 0 Å². The molecule has 0 aliphatic carbocycles. The third kappa shape index (κ3) is 3.94. The zero-order valence-electron chi connectivity index (χ0n) is 18.3. The third-order valence-corrected chi connectivity index (χ3v) is 7.29. The first-order valence-corrected chi connectivity index (χ1v) is 11.6. The van der Waals surface area contributed by atoms with Crippen molar-refractivity contribution < 1.29 is 4.79 Å². The van der Waals surface area contributed by atoms with Crippen molar-refractivity contribution in [2.45, 2.75) is 51.2 Å². The van der Waals surface area contributed by atoms with Gasteiger partial charge in [-0.3, -0.25) is 14.5 Å². The fraction of sp³-hybridized carbons (Fsp3) is 0.520. The maximum atomic E-state index is 13.4. The smallest absolute Gasteiger partial charge is 0.255 e. The second-order valence-electron chi connectivity index (χ2n) is 9.57. The molecule has 0 unspecified atom stereocenters.